The molecule has 0 amide bonds. The normalized spacial score (nSPS) is 17.0. The fourth-order valence-corrected chi connectivity index (χ4v) is 3.28. The Bertz CT molecular complexity index is 600. The zero-order valence-electron chi connectivity index (χ0n) is 10.2. The molecule has 4 heteroatoms. The second-order valence-corrected chi connectivity index (χ2v) is 6.03. The summed E-state index contributed by atoms with van der Waals surface area (Å²) in [5, 5.41) is 10.2. The molecule has 3 rings (SSSR count). The van der Waals surface area contributed by atoms with Gasteiger partial charge in [-0.05, 0) is 42.0 Å². The summed E-state index contributed by atoms with van der Waals surface area (Å²) in [6, 6.07) is 13.0. The summed E-state index contributed by atoms with van der Waals surface area (Å²) in [7, 11) is 0. The fourth-order valence-electron chi connectivity index (χ4n) is 2.14. The van der Waals surface area contributed by atoms with Crippen molar-refractivity contribution in [2.45, 2.75) is 17.4 Å². The van der Waals surface area contributed by atoms with Crippen LogP contribution in [0, 0.1) is 0 Å². The van der Waals surface area contributed by atoms with E-state index in [0.717, 1.165) is 27.8 Å². The molecule has 1 unspecified atom stereocenters. The van der Waals surface area contributed by atoms with Crippen molar-refractivity contribution in [1.82, 2.24) is 0 Å². The first-order chi connectivity index (χ1) is 9.20. The number of aromatic hydroxyl groups is 1. The van der Waals surface area contributed by atoms with Gasteiger partial charge < -0.3 is 9.84 Å². The molecule has 0 aromatic heterocycles. The number of ether oxygens (including phenoxy) is 1. The molecule has 0 radical (unpaired) electrons. The molecule has 1 heterocycles. The third-order valence-corrected chi connectivity index (χ3v) is 4.38. The number of rotatable bonds is 3. The van der Waals surface area contributed by atoms with E-state index in [9.17, 15) is 5.11 Å². The highest BCUT2D eigenvalue weighted by molar-refractivity contribution is 7.99. The molecule has 0 spiro atoms. The first-order valence-corrected chi connectivity index (χ1v) is 7.44. The summed E-state index contributed by atoms with van der Waals surface area (Å²) in [5.41, 5.74) is 1.18. The van der Waals surface area contributed by atoms with Gasteiger partial charge in [-0.25, -0.2) is 0 Å². The van der Waals surface area contributed by atoms with E-state index in [1.807, 2.05) is 30.3 Å². The molecular weight excluding hydrogens is 280 g/mol. The molecule has 0 saturated carbocycles. The summed E-state index contributed by atoms with van der Waals surface area (Å²) in [6.07, 6.45) is 1.06. The van der Waals surface area contributed by atoms with Crippen LogP contribution in [0.25, 0.3) is 0 Å². The van der Waals surface area contributed by atoms with E-state index in [2.05, 4.69) is 0 Å². The second kappa shape index (κ2) is 5.35. The molecule has 0 bridgehead atoms. The number of thioether (sulfide) groups is 1. The first kappa shape index (κ1) is 12.7. The topological polar surface area (TPSA) is 29.5 Å². The highest BCUT2D eigenvalue weighted by atomic mass is 35.5. The Kier molecular flexibility index (Phi) is 3.58. The third kappa shape index (κ3) is 2.99. The molecule has 1 aliphatic heterocycles. The lowest BCUT2D eigenvalue weighted by atomic mass is 10.1. The van der Waals surface area contributed by atoms with Crippen LogP contribution < -0.4 is 4.74 Å². The van der Waals surface area contributed by atoms with E-state index in [1.165, 1.54) is 5.56 Å². The third-order valence-electron chi connectivity index (χ3n) is 3.02. The number of phenolic OH excluding ortho intramolecular Hbond substituents is 1. The largest absolute Gasteiger partial charge is 0.508 e. The van der Waals surface area contributed by atoms with Gasteiger partial charge in [0.1, 0.15) is 17.6 Å². The molecule has 0 saturated heterocycles. The Morgan fingerprint density at radius 2 is 2.16 bits per heavy atom. The van der Waals surface area contributed by atoms with Gasteiger partial charge in [0.25, 0.3) is 0 Å². The monoisotopic (exact) mass is 292 g/mol. The lowest BCUT2D eigenvalue weighted by Gasteiger charge is -2.10. The number of hydrogen-bond acceptors (Lipinski definition) is 3. The summed E-state index contributed by atoms with van der Waals surface area (Å²) in [6.45, 7) is 0. The van der Waals surface area contributed by atoms with Crippen molar-refractivity contribution >= 4 is 23.4 Å². The molecular formula is C15H13ClO2S. The summed E-state index contributed by atoms with van der Waals surface area (Å²) >= 11 is 7.66. The van der Waals surface area contributed by atoms with Crippen LogP contribution in [-0.2, 0) is 6.42 Å². The van der Waals surface area contributed by atoms with E-state index in [4.69, 9.17) is 16.3 Å². The van der Waals surface area contributed by atoms with Crippen molar-refractivity contribution in [1.29, 1.82) is 0 Å². The maximum absolute atomic E-state index is 9.42. The van der Waals surface area contributed by atoms with Crippen LogP contribution >= 0.6 is 23.4 Å². The van der Waals surface area contributed by atoms with Crippen molar-refractivity contribution in [2.75, 3.05) is 5.75 Å². The molecule has 2 nitrogen and oxygen atoms in total. The summed E-state index contributed by atoms with van der Waals surface area (Å²) in [5.74, 6) is 2.09. The Labute approximate surface area is 121 Å². The molecule has 98 valence electrons. The van der Waals surface area contributed by atoms with Gasteiger partial charge in [0.15, 0.2) is 0 Å². The fraction of sp³-hybridized carbons (Fsp3) is 0.200. The highest BCUT2D eigenvalue weighted by Crippen LogP contribution is 2.33. The summed E-state index contributed by atoms with van der Waals surface area (Å²) < 4.78 is 5.87. The van der Waals surface area contributed by atoms with Gasteiger partial charge >= 0.3 is 0 Å². The van der Waals surface area contributed by atoms with Crippen molar-refractivity contribution < 1.29 is 9.84 Å². The van der Waals surface area contributed by atoms with E-state index in [0.29, 0.717) is 5.75 Å². The van der Waals surface area contributed by atoms with Crippen LogP contribution in [0.3, 0.4) is 0 Å². The maximum Gasteiger partial charge on any atom is 0.123 e. The second-order valence-electron chi connectivity index (χ2n) is 4.50. The average Bonchev–Trinajstić information content (AvgIpc) is 2.78. The van der Waals surface area contributed by atoms with Crippen molar-refractivity contribution in [3.8, 4) is 11.5 Å². The zero-order valence-corrected chi connectivity index (χ0v) is 11.7. The van der Waals surface area contributed by atoms with Gasteiger partial charge in [-0.2, -0.15) is 0 Å². The maximum atomic E-state index is 9.42. The van der Waals surface area contributed by atoms with Gasteiger partial charge in [-0.1, -0.05) is 17.7 Å². The lowest BCUT2D eigenvalue weighted by molar-refractivity contribution is 0.259. The number of benzene rings is 2. The number of fused-ring (bicyclic) bond motifs is 1. The number of phenols is 1. The Hall–Kier alpha value is -1.32. The highest BCUT2D eigenvalue weighted by Gasteiger charge is 2.22. The Morgan fingerprint density at radius 3 is 3.00 bits per heavy atom. The van der Waals surface area contributed by atoms with E-state index >= 15 is 0 Å². The predicted molar refractivity (Wildman–Crippen MR) is 78.4 cm³/mol. The molecule has 2 aromatic rings. The molecule has 1 aliphatic rings. The van der Waals surface area contributed by atoms with Crippen LogP contribution in [0.1, 0.15) is 5.56 Å². The smallest absolute Gasteiger partial charge is 0.123 e. The molecule has 2 aromatic carbocycles. The molecule has 1 N–H and O–H groups in total. The van der Waals surface area contributed by atoms with Crippen LogP contribution in [0.5, 0.6) is 11.5 Å². The first-order valence-electron chi connectivity index (χ1n) is 6.07. The van der Waals surface area contributed by atoms with Crippen LogP contribution in [0.4, 0.5) is 0 Å². The van der Waals surface area contributed by atoms with Crippen molar-refractivity contribution in [2.24, 2.45) is 0 Å². The van der Waals surface area contributed by atoms with Crippen LogP contribution in [0.15, 0.2) is 47.4 Å². The van der Waals surface area contributed by atoms with E-state index in [-0.39, 0.29) is 6.10 Å². The SMILES string of the molecule is Oc1cccc(SCC2Cc3cc(Cl)ccc3O2)c1. The molecule has 19 heavy (non-hydrogen) atoms. The van der Waals surface area contributed by atoms with Crippen molar-refractivity contribution in [3.63, 3.8) is 0 Å². The van der Waals surface area contributed by atoms with E-state index in [1.54, 1.807) is 23.9 Å². The molecule has 1 atom stereocenters. The van der Waals surface area contributed by atoms with Gasteiger partial charge in [0, 0.05) is 22.1 Å². The van der Waals surface area contributed by atoms with Gasteiger partial charge in [0.2, 0.25) is 0 Å². The Balaban J connectivity index is 1.62. The quantitative estimate of drug-likeness (QED) is 0.862. The van der Waals surface area contributed by atoms with E-state index < -0.39 is 0 Å². The standard InChI is InChI=1S/C15H13ClO2S/c16-11-4-5-15-10(6-11)7-13(18-15)9-19-14-3-1-2-12(17)8-14/h1-6,8,13,17H,7,9H2. The minimum absolute atomic E-state index is 0.167. The van der Waals surface area contributed by atoms with Crippen molar-refractivity contribution in [3.05, 3.63) is 53.1 Å². The number of hydrogen-bond donors (Lipinski definition) is 1. The average molecular weight is 293 g/mol. The molecule has 0 fully saturated rings. The zero-order chi connectivity index (χ0) is 13.2. The molecule has 0 aliphatic carbocycles. The van der Waals surface area contributed by atoms with Gasteiger partial charge in [0.05, 0.1) is 0 Å². The number of halogens is 1. The lowest BCUT2D eigenvalue weighted by Crippen LogP contribution is -2.15. The van der Waals surface area contributed by atoms with Crippen LogP contribution in [0.2, 0.25) is 5.02 Å². The Morgan fingerprint density at radius 1 is 1.26 bits per heavy atom. The predicted octanol–water partition coefficient (Wildman–Crippen LogP) is 4.14. The van der Waals surface area contributed by atoms with Gasteiger partial charge in [-0.15, -0.1) is 11.8 Å². The van der Waals surface area contributed by atoms with Gasteiger partial charge in [-0.3, -0.25) is 0 Å². The van der Waals surface area contributed by atoms with Crippen LogP contribution in [-0.4, -0.2) is 17.0 Å². The summed E-state index contributed by atoms with van der Waals surface area (Å²) in [4.78, 5) is 1.05. The minimum atomic E-state index is 0.167. The minimum Gasteiger partial charge on any atom is -0.508 e.